The first-order valence-corrected chi connectivity index (χ1v) is 6.24. The van der Waals surface area contributed by atoms with Gasteiger partial charge < -0.3 is 5.11 Å². The summed E-state index contributed by atoms with van der Waals surface area (Å²) in [5, 5.41) is 12.3. The third-order valence-corrected chi connectivity index (χ3v) is 1.96. The summed E-state index contributed by atoms with van der Waals surface area (Å²) in [6.45, 7) is 2.85. The van der Waals surface area contributed by atoms with Crippen LogP contribution < -0.4 is 0 Å². The molecule has 2 nitrogen and oxygen atoms in total. The van der Waals surface area contributed by atoms with Gasteiger partial charge in [-0.05, 0) is 13.8 Å². The molecule has 0 saturated carbocycles. The number of hydrogen-bond donors (Lipinski definition) is 1. The number of hydrogen-bond acceptors (Lipinski definition) is 3. The number of allylic oxidation sites excluding steroid dienone is 2. The zero-order valence-electron chi connectivity index (χ0n) is 10.8. The van der Waals surface area contributed by atoms with Crippen molar-refractivity contribution >= 4 is 17.1 Å². The average Bonchev–Trinajstić information content (AvgIpc) is 2.89. The van der Waals surface area contributed by atoms with Crippen LogP contribution >= 0.6 is 11.3 Å². The van der Waals surface area contributed by atoms with E-state index in [1.807, 2.05) is 47.2 Å². The molecule has 1 aromatic heterocycles. The summed E-state index contributed by atoms with van der Waals surface area (Å²) < 4.78 is 0. The molecule has 105 valence electrons. The quantitative estimate of drug-likeness (QED) is 0.402. The molecule has 0 fully saturated rings. The third kappa shape index (κ3) is 19.3. The van der Waals surface area contributed by atoms with Crippen LogP contribution in [-0.4, -0.2) is 10.9 Å². The summed E-state index contributed by atoms with van der Waals surface area (Å²) in [7, 11) is 0. The normalized spacial score (nSPS) is 8.84. The molecule has 2 aromatic rings. The summed E-state index contributed by atoms with van der Waals surface area (Å²) in [6.07, 6.45) is 1.17. The Labute approximate surface area is 132 Å². The third-order valence-electron chi connectivity index (χ3n) is 1.40. The van der Waals surface area contributed by atoms with Gasteiger partial charge >= 0.3 is 0 Å². The van der Waals surface area contributed by atoms with Gasteiger partial charge in [-0.25, -0.2) is 12.1 Å². The van der Waals surface area contributed by atoms with E-state index in [1.54, 1.807) is 11.3 Å². The van der Waals surface area contributed by atoms with Gasteiger partial charge in [0.05, 0.1) is 5.76 Å². The van der Waals surface area contributed by atoms with Crippen LogP contribution in [0.3, 0.4) is 0 Å². The van der Waals surface area contributed by atoms with E-state index >= 15 is 0 Å². The molecule has 0 unspecified atom stereocenters. The summed E-state index contributed by atoms with van der Waals surface area (Å²) in [5.74, 6) is -0.0625. The van der Waals surface area contributed by atoms with Crippen molar-refractivity contribution in [3.8, 4) is 0 Å². The average molecular weight is 453 g/mol. The summed E-state index contributed by atoms with van der Waals surface area (Å²) in [5.41, 5.74) is 0. The SMILES string of the molecule is CC(=O)/C=C(/C)O.[Ir].[c-]1ccccc1.[c-]1ccsc1. The maximum Gasteiger partial charge on any atom is 0.155 e. The number of aliphatic hydroxyl groups excluding tert-OH is 1. The van der Waals surface area contributed by atoms with Crippen molar-refractivity contribution in [3.63, 3.8) is 0 Å². The van der Waals surface area contributed by atoms with Crippen LogP contribution in [0.1, 0.15) is 13.8 Å². The van der Waals surface area contributed by atoms with Gasteiger partial charge in [-0.15, -0.1) is 5.38 Å². The second kappa shape index (κ2) is 14.8. The fraction of sp³-hybridized carbons (Fsp3) is 0.133. The van der Waals surface area contributed by atoms with Crippen LogP contribution in [0.4, 0.5) is 0 Å². The first kappa shape index (κ1) is 20.1. The molecule has 0 aliphatic rings. The van der Waals surface area contributed by atoms with Crippen molar-refractivity contribution in [1.82, 2.24) is 0 Å². The maximum atomic E-state index is 10.0. The molecule has 0 amide bonds. The molecule has 1 heterocycles. The fourth-order valence-electron chi connectivity index (χ4n) is 0.833. The molecule has 0 saturated heterocycles. The van der Waals surface area contributed by atoms with Gasteiger partial charge in [-0.3, -0.25) is 16.1 Å². The standard InChI is InChI=1S/C6H5.C5H8O2.C4H3S.Ir/c1-2-4-6-5-3-1;1-4(6)3-5(2)7;1-2-4-5-3-1;/h1-5H;3,6H,1-2H3;1,3-4H;/q-1;;-1;/b;4-3-;;. The molecular formula is C15H16IrO2S-2. The molecular weight excluding hydrogens is 436 g/mol. The maximum absolute atomic E-state index is 10.0. The van der Waals surface area contributed by atoms with Gasteiger partial charge in [0.15, 0.2) is 5.78 Å². The van der Waals surface area contributed by atoms with Crippen molar-refractivity contribution in [1.29, 1.82) is 0 Å². The zero-order valence-corrected chi connectivity index (χ0v) is 14.0. The fourth-order valence-corrected chi connectivity index (χ4v) is 1.23. The van der Waals surface area contributed by atoms with Crippen LogP contribution in [0.25, 0.3) is 0 Å². The van der Waals surface area contributed by atoms with Crippen LogP contribution in [0, 0.1) is 12.1 Å². The van der Waals surface area contributed by atoms with E-state index in [2.05, 4.69) is 12.1 Å². The number of thiophene rings is 1. The second-order valence-corrected chi connectivity index (χ2v) is 3.98. The summed E-state index contributed by atoms with van der Waals surface area (Å²) >= 11 is 1.66. The van der Waals surface area contributed by atoms with Crippen LogP contribution in [0.5, 0.6) is 0 Å². The minimum Gasteiger partial charge on any atom is -0.512 e. The first-order chi connectivity index (χ1) is 8.63. The van der Waals surface area contributed by atoms with E-state index in [4.69, 9.17) is 5.11 Å². The van der Waals surface area contributed by atoms with Gasteiger partial charge in [0.1, 0.15) is 0 Å². The predicted octanol–water partition coefficient (Wildman–Crippen LogP) is 4.07. The number of rotatable bonds is 1. The van der Waals surface area contributed by atoms with Crippen LogP contribution in [0.15, 0.2) is 59.0 Å². The minimum atomic E-state index is -0.125. The Kier molecular flexibility index (Phi) is 15.7. The molecule has 0 aliphatic heterocycles. The van der Waals surface area contributed by atoms with Crippen molar-refractivity contribution in [2.24, 2.45) is 0 Å². The molecule has 0 spiro atoms. The Hall–Kier alpha value is -1.22. The van der Waals surface area contributed by atoms with E-state index in [0.717, 1.165) is 0 Å². The molecule has 0 aliphatic carbocycles. The largest absolute Gasteiger partial charge is 0.512 e. The minimum absolute atomic E-state index is 0. The zero-order chi connectivity index (χ0) is 13.6. The van der Waals surface area contributed by atoms with E-state index in [-0.39, 0.29) is 31.6 Å². The Bertz CT molecular complexity index is 377. The van der Waals surface area contributed by atoms with Crippen molar-refractivity contribution in [2.45, 2.75) is 13.8 Å². The van der Waals surface area contributed by atoms with E-state index in [9.17, 15) is 4.79 Å². The summed E-state index contributed by atoms with van der Waals surface area (Å²) in [6, 6.07) is 17.3. The molecule has 1 radical (unpaired) electrons. The Morgan fingerprint density at radius 1 is 1.11 bits per heavy atom. The number of carbonyl (C=O) groups excluding carboxylic acids is 1. The number of carbonyl (C=O) groups is 1. The number of benzene rings is 1. The van der Waals surface area contributed by atoms with E-state index < -0.39 is 0 Å². The van der Waals surface area contributed by atoms with Crippen LogP contribution in [0.2, 0.25) is 0 Å². The molecule has 1 aromatic carbocycles. The van der Waals surface area contributed by atoms with Gasteiger partial charge in [0, 0.05) is 26.2 Å². The number of aliphatic hydroxyl groups is 1. The van der Waals surface area contributed by atoms with E-state index in [1.165, 1.54) is 19.9 Å². The Morgan fingerprint density at radius 3 is 1.84 bits per heavy atom. The van der Waals surface area contributed by atoms with Crippen LogP contribution in [-0.2, 0) is 24.9 Å². The van der Waals surface area contributed by atoms with Gasteiger partial charge in [0.25, 0.3) is 0 Å². The summed E-state index contributed by atoms with van der Waals surface area (Å²) in [4.78, 5) is 10.0. The molecule has 4 heteroatoms. The predicted molar refractivity (Wildman–Crippen MR) is 75.5 cm³/mol. The van der Waals surface area contributed by atoms with E-state index in [0.29, 0.717) is 0 Å². The molecule has 19 heavy (non-hydrogen) atoms. The van der Waals surface area contributed by atoms with Gasteiger partial charge in [-0.2, -0.15) is 41.8 Å². The van der Waals surface area contributed by atoms with Gasteiger partial charge in [-0.1, -0.05) is 0 Å². The molecule has 0 atom stereocenters. The smallest absolute Gasteiger partial charge is 0.155 e. The second-order valence-electron chi connectivity index (χ2n) is 3.20. The topological polar surface area (TPSA) is 37.3 Å². The van der Waals surface area contributed by atoms with Crippen molar-refractivity contribution in [3.05, 3.63) is 71.1 Å². The first-order valence-electron chi connectivity index (χ1n) is 5.30. The molecule has 1 N–H and O–H groups in total. The Morgan fingerprint density at radius 2 is 1.74 bits per heavy atom. The monoisotopic (exact) mass is 453 g/mol. The molecule has 2 rings (SSSR count). The van der Waals surface area contributed by atoms with Crippen molar-refractivity contribution in [2.75, 3.05) is 0 Å². The molecule has 0 bridgehead atoms. The number of ketones is 1. The van der Waals surface area contributed by atoms with Gasteiger partial charge in [0.2, 0.25) is 0 Å². The van der Waals surface area contributed by atoms with Crippen molar-refractivity contribution < 1.29 is 30.0 Å². The Balaban J connectivity index is 0.